The Labute approximate surface area is 171 Å². The Morgan fingerprint density at radius 3 is 2.03 bits per heavy atom. The molecule has 3 aromatic carbocycles. The highest BCUT2D eigenvalue weighted by Crippen LogP contribution is 2.14. The molecule has 0 spiro atoms. The SMILES string of the molecule is Cc1ccc(COc2ccc(/C=N/NC(=O)COc3ccc(C)cc3)cc2)cc1. The number of hydrazone groups is 1. The molecule has 0 radical (unpaired) electrons. The van der Waals surface area contributed by atoms with Crippen LogP contribution in [0.3, 0.4) is 0 Å². The highest BCUT2D eigenvalue weighted by Gasteiger charge is 2.01. The normalized spacial score (nSPS) is 10.7. The van der Waals surface area contributed by atoms with Gasteiger partial charge < -0.3 is 9.47 Å². The molecule has 0 fully saturated rings. The van der Waals surface area contributed by atoms with Gasteiger partial charge in [-0.2, -0.15) is 5.10 Å². The summed E-state index contributed by atoms with van der Waals surface area (Å²) in [5.74, 6) is 1.11. The van der Waals surface area contributed by atoms with Crippen LogP contribution in [0, 0.1) is 13.8 Å². The molecule has 148 valence electrons. The third-order valence-electron chi connectivity index (χ3n) is 4.20. The van der Waals surface area contributed by atoms with E-state index in [4.69, 9.17) is 9.47 Å². The van der Waals surface area contributed by atoms with E-state index in [9.17, 15) is 4.79 Å². The first-order valence-corrected chi connectivity index (χ1v) is 9.38. The van der Waals surface area contributed by atoms with Gasteiger partial charge in [0.25, 0.3) is 5.91 Å². The van der Waals surface area contributed by atoms with Crippen LogP contribution in [0.2, 0.25) is 0 Å². The average molecular weight is 388 g/mol. The minimum atomic E-state index is -0.320. The zero-order valence-corrected chi connectivity index (χ0v) is 16.6. The van der Waals surface area contributed by atoms with Crippen molar-refractivity contribution >= 4 is 12.1 Å². The molecule has 1 amide bonds. The van der Waals surface area contributed by atoms with Gasteiger partial charge in [-0.3, -0.25) is 4.79 Å². The minimum Gasteiger partial charge on any atom is -0.489 e. The van der Waals surface area contributed by atoms with Crippen molar-refractivity contribution in [1.29, 1.82) is 0 Å². The van der Waals surface area contributed by atoms with Gasteiger partial charge in [0.1, 0.15) is 18.1 Å². The van der Waals surface area contributed by atoms with Crippen LogP contribution >= 0.6 is 0 Å². The summed E-state index contributed by atoms with van der Waals surface area (Å²) in [6, 6.07) is 23.3. The molecule has 0 aliphatic carbocycles. The van der Waals surface area contributed by atoms with Gasteiger partial charge in [0.05, 0.1) is 6.21 Å². The fourth-order valence-electron chi connectivity index (χ4n) is 2.50. The van der Waals surface area contributed by atoms with Crippen LogP contribution in [0.1, 0.15) is 22.3 Å². The molecule has 0 saturated heterocycles. The highest BCUT2D eigenvalue weighted by molar-refractivity contribution is 5.83. The van der Waals surface area contributed by atoms with E-state index >= 15 is 0 Å². The van der Waals surface area contributed by atoms with Gasteiger partial charge in [-0.05, 0) is 61.4 Å². The molecule has 0 aromatic heterocycles. The number of carbonyl (C=O) groups excluding carboxylic acids is 1. The number of hydrogen-bond donors (Lipinski definition) is 1. The molecule has 0 bridgehead atoms. The third-order valence-corrected chi connectivity index (χ3v) is 4.20. The van der Waals surface area contributed by atoms with E-state index in [1.165, 1.54) is 5.56 Å². The van der Waals surface area contributed by atoms with E-state index in [0.717, 1.165) is 22.4 Å². The lowest BCUT2D eigenvalue weighted by Gasteiger charge is -2.07. The van der Waals surface area contributed by atoms with Crippen LogP contribution in [-0.2, 0) is 11.4 Å². The maximum atomic E-state index is 11.8. The standard InChI is InChI=1S/C24H24N2O3/c1-18-3-7-21(8-4-18)16-28-23-13-9-20(10-14-23)15-25-26-24(27)17-29-22-11-5-19(2)6-12-22/h3-15H,16-17H2,1-2H3,(H,26,27)/b25-15+. The monoisotopic (exact) mass is 388 g/mol. The predicted molar refractivity (Wildman–Crippen MR) is 114 cm³/mol. The topological polar surface area (TPSA) is 59.9 Å². The van der Waals surface area contributed by atoms with Crippen molar-refractivity contribution in [3.8, 4) is 11.5 Å². The smallest absolute Gasteiger partial charge is 0.277 e. The zero-order chi connectivity index (χ0) is 20.5. The summed E-state index contributed by atoms with van der Waals surface area (Å²) in [6.07, 6.45) is 1.58. The number of nitrogens with one attached hydrogen (secondary N) is 1. The molecule has 3 rings (SSSR count). The third kappa shape index (κ3) is 6.81. The predicted octanol–water partition coefficient (Wildman–Crippen LogP) is 4.41. The van der Waals surface area contributed by atoms with Crippen LogP contribution in [0.25, 0.3) is 0 Å². The average Bonchev–Trinajstić information content (AvgIpc) is 2.74. The van der Waals surface area contributed by atoms with Crippen LogP contribution in [-0.4, -0.2) is 18.7 Å². The van der Waals surface area contributed by atoms with Gasteiger partial charge >= 0.3 is 0 Å². The summed E-state index contributed by atoms with van der Waals surface area (Å²) in [7, 11) is 0. The Morgan fingerprint density at radius 2 is 1.38 bits per heavy atom. The largest absolute Gasteiger partial charge is 0.489 e. The first-order valence-electron chi connectivity index (χ1n) is 9.38. The van der Waals surface area contributed by atoms with E-state index in [-0.39, 0.29) is 12.5 Å². The van der Waals surface area contributed by atoms with Crippen LogP contribution in [0.5, 0.6) is 11.5 Å². The molecule has 0 aliphatic heterocycles. The lowest BCUT2D eigenvalue weighted by molar-refractivity contribution is -0.123. The first kappa shape index (κ1) is 20.1. The molecule has 0 aliphatic rings. The van der Waals surface area contributed by atoms with Crippen molar-refractivity contribution in [1.82, 2.24) is 5.43 Å². The van der Waals surface area contributed by atoms with Crippen molar-refractivity contribution in [3.63, 3.8) is 0 Å². The number of carbonyl (C=O) groups is 1. The number of nitrogens with zero attached hydrogens (tertiary/aromatic N) is 1. The zero-order valence-electron chi connectivity index (χ0n) is 16.6. The molecule has 0 saturated carbocycles. The van der Waals surface area contributed by atoms with Gasteiger partial charge in [-0.1, -0.05) is 47.5 Å². The van der Waals surface area contributed by atoms with Gasteiger partial charge in [0.15, 0.2) is 6.61 Å². The summed E-state index contributed by atoms with van der Waals surface area (Å²) < 4.78 is 11.2. The molecule has 5 nitrogen and oxygen atoms in total. The Kier molecular flexibility index (Phi) is 7.00. The van der Waals surface area contributed by atoms with Crippen molar-refractivity contribution in [2.75, 3.05) is 6.61 Å². The fourth-order valence-corrected chi connectivity index (χ4v) is 2.50. The molecule has 0 heterocycles. The van der Waals surface area contributed by atoms with Crippen LogP contribution in [0.15, 0.2) is 77.9 Å². The Bertz CT molecular complexity index is 947. The van der Waals surface area contributed by atoms with E-state index in [1.807, 2.05) is 55.5 Å². The quantitative estimate of drug-likeness (QED) is 0.459. The second kappa shape index (κ2) is 10.1. The second-order valence-electron chi connectivity index (χ2n) is 6.74. The molecule has 3 aromatic rings. The Hall–Kier alpha value is -3.60. The van der Waals surface area contributed by atoms with Crippen molar-refractivity contribution < 1.29 is 14.3 Å². The maximum absolute atomic E-state index is 11.8. The second-order valence-corrected chi connectivity index (χ2v) is 6.74. The maximum Gasteiger partial charge on any atom is 0.277 e. The van der Waals surface area contributed by atoms with E-state index in [2.05, 4.69) is 41.7 Å². The van der Waals surface area contributed by atoms with Crippen LogP contribution < -0.4 is 14.9 Å². The molecule has 0 unspecified atom stereocenters. The summed E-state index contributed by atoms with van der Waals surface area (Å²) in [5.41, 5.74) is 6.79. The lowest BCUT2D eigenvalue weighted by Crippen LogP contribution is -2.24. The van der Waals surface area contributed by atoms with E-state index in [0.29, 0.717) is 12.4 Å². The van der Waals surface area contributed by atoms with E-state index in [1.54, 1.807) is 6.21 Å². The number of ether oxygens (including phenoxy) is 2. The number of amides is 1. The molecule has 1 N–H and O–H groups in total. The summed E-state index contributed by atoms with van der Waals surface area (Å²) in [4.78, 5) is 11.8. The summed E-state index contributed by atoms with van der Waals surface area (Å²) in [6.45, 7) is 4.48. The van der Waals surface area contributed by atoms with Crippen molar-refractivity contribution in [3.05, 3.63) is 95.1 Å². The van der Waals surface area contributed by atoms with E-state index < -0.39 is 0 Å². The van der Waals surface area contributed by atoms with Crippen LogP contribution in [0.4, 0.5) is 0 Å². The van der Waals surface area contributed by atoms with Crippen molar-refractivity contribution in [2.45, 2.75) is 20.5 Å². The lowest BCUT2D eigenvalue weighted by atomic mass is 10.2. The minimum absolute atomic E-state index is 0.0911. The van der Waals surface area contributed by atoms with Gasteiger partial charge in [0.2, 0.25) is 0 Å². The molecule has 5 heteroatoms. The van der Waals surface area contributed by atoms with Crippen molar-refractivity contribution in [2.24, 2.45) is 5.10 Å². The Morgan fingerprint density at radius 1 is 0.828 bits per heavy atom. The molecule has 0 atom stereocenters. The van der Waals surface area contributed by atoms with Gasteiger partial charge in [-0.25, -0.2) is 5.43 Å². The number of hydrogen-bond acceptors (Lipinski definition) is 4. The van der Waals surface area contributed by atoms with Gasteiger partial charge in [-0.15, -0.1) is 0 Å². The Balaban J connectivity index is 1.41. The van der Waals surface area contributed by atoms with Gasteiger partial charge in [0, 0.05) is 0 Å². The number of rotatable bonds is 8. The highest BCUT2D eigenvalue weighted by atomic mass is 16.5. The number of benzene rings is 3. The fraction of sp³-hybridized carbons (Fsp3) is 0.167. The first-order chi connectivity index (χ1) is 14.1. The molecular formula is C24H24N2O3. The molecule has 29 heavy (non-hydrogen) atoms. The summed E-state index contributed by atoms with van der Waals surface area (Å²) >= 11 is 0. The summed E-state index contributed by atoms with van der Waals surface area (Å²) in [5, 5.41) is 3.95. The molecular weight excluding hydrogens is 364 g/mol. The number of aryl methyl sites for hydroxylation is 2.